The van der Waals surface area contributed by atoms with Gasteiger partial charge in [-0.15, -0.1) is 0 Å². The minimum atomic E-state index is -4.58. The molecular weight excluding hydrogens is 358 g/mol. The van der Waals surface area contributed by atoms with E-state index in [-0.39, 0.29) is 13.1 Å². The van der Waals surface area contributed by atoms with Crippen molar-refractivity contribution in [3.63, 3.8) is 0 Å². The lowest BCUT2D eigenvalue weighted by Crippen LogP contribution is -2.50. The highest BCUT2D eigenvalue weighted by atomic mass is 19.4. The number of alkyl halides is 6. The number of carbonyl (C=O) groups excluding carboxylic acids is 2. The zero-order chi connectivity index (χ0) is 19.3. The molecule has 11 heteroatoms. The van der Waals surface area contributed by atoms with E-state index in [4.69, 9.17) is 0 Å². The van der Waals surface area contributed by atoms with Gasteiger partial charge < -0.3 is 15.3 Å². The number of β-amino-alcohol motifs (C(OH)–C–C–N with tert-alkyl or cyclic N) is 1. The fourth-order valence-corrected chi connectivity index (χ4v) is 2.49. The molecular formula is C14H20F6N2O3. The summed E-state index contributed by atoms with van der Waals surface area (Å²) >= 11 is 0. The molecule has 5 nitrogen and oxygen atoms in total. The molecule has 1 heterocycles. The Hall–Kier alpha value is -1.52. The standard InChI is InChI=1S/C14H20F6N2O3/c15-13(16,17)5-3-9(4-6-14(18,19)20)21-11(24)12(25)22-7-1-2-10(23)8-22/h9-10,23H,1-8H2,(H,21,24)/t10-/m0/s1. The van der Waals surface area contributed by atoms with Gasteiger partial charge in [0, 0.05) is 32.0 Å². The van der Waals surface area contributed by atoms with Gasteiger partial charge in [-0.05, 0) is 25.7 Å². The summed E-state index contributed by atoms with van der Waals surface area (Å²) in [6.07, 6.45) is -13.3. The maximum absolute atomic E-state index is 12.3. The van der Waals surface area contributed by atoms with Crippen LogP contribution in [0.3, 0.4) is 0 Å². The average Bonchev–Trinajstić information content (AvgIpc) is 2.47. The summed E-state index contributed by atoms with van der Waals surface area (Å²) in [5.74, 6) is -2.33. The van der Waals surface area contributed by atoms with Crippen molar-refractivity contribution in [2.24, 2.45) is 0 Å². The highest BCUT2D eigenvalue weighted by Crippen LogP contribution is 2.26. The molecule has 25 heavy (non-hydrogen) atoms. The van der Waals surface area contributed by atoms with E-state index in [1.807, 2.05) is 5.32 Å². The summed E-state index contributed by atoms with van der Waals surface area (Å²) < 4.78 is 73.7. The molecule has 1 aliphatic heterocycles. The smallest absolute Gasteiger partial charge is 0.389 e. The minimum absolute atomic E-state index is 0.0952. The van der Waals surface area contributed by atoms with Crippen LogP contribution in [0.25, 0.3) is 0 Å². The molecule has 0 radical (unpaired) electrons. The predicted octanol–water partition coefficient (Wildman–Crippen LogP) is 2.14. The van der Waals surface area contributed by atoms with Crippen LogP contribution in [0.4, 0.5) is 26.3 Å². The largest absolute Gasteiger partial charge is 0.391 e. The highest BCUT2D eigenvalue weighted by molar-refractivity contribution is 6.35. The first-order valence-electron chi connectivity index (χ1n) is 7.79. The lowest BCUT2D eigenvalue weighted by Gasteiger charge is -2.30. The molecule has 2 N–H and O–H groups in total. The summed E-state index contributed by atoms with van der Waals surface area (Å²) in [6, 6.07) is -1.42. The first-order chi connectivity index (χ1) is 11.4. The number of aliphatic hydroxyl groups excluding tert-OH is 1. The summed E-state index contributed by atoms with van der Waals surface area (Å²) in [5, 5.41) is 11.4. The molecule has 1 saturated heterocycles. The van der Waals surface area contributed by atoms with Crippen LogP contribution in [0.2, 0.25) is 0 Å². The SMILES string of the molecule is O=C(NC(CCC(F)(F)F)CCC(F)(F)F)C(=O)N1CCC[C@H](O)C1. The van der Waals surface area contributed by atoms with Crippen LogP contribution >= 0.6 is 0 Å². The van der Waals surface area contributed by atoms with E-state index in [0.717, 1.165) is 4.90 Å². The number of halogens is 6. The van der Waals surface area contributed by atoms with Crippen LogP contribution in [0.15, 0.2) is 0 Å². The molecule has 2 amide bonds. The van der Waals surface area contributed by atoms with Gasteiger partial charge in [-0.25, -0.2) is 0 Å². The van der Waals surface area contributed by atoms with Gasteiger partial charge in [0.15, 0.2) is 0 Å². The molecule has 1 fully saturated rings. The van der Waals surface area contributed by atoms with Gasteiger partial charge in [-0.3, -0.25) is 9.59 Å². The molecule has 0 spiro atoms. The molecule has 0 aromatic heterocycles. The van der Waals surface area contributed by atoms with Crippen LogP contribution in [0, 0.1) is 0 Å². The normalized spacial score (nSPS) is 19.2. The molecule has 1 rings (SSSR count). The third-order valence-corrected chi connectivity index (χ3v) is 3.77. The second-order valence-corrected chi connectivity index (χ2v) is 6.03. The van der Waals surface area contributed by atoms with E-state index in [2.05, 4.69) is 0 Å². The molecule has 0 bridgehead atoms. The van der Waals surface area contributed by atoms with E-state index >= 15 is 0 Å². The summed E-state index contributed by atoms with van der Waals surface area (Å²) in [5.41, 5.74) is 0. The number of rotatable bonds is 5. The summed E-state index contributed by atoms with van der Waals surface area (Å²) in [6.45, 7) is 0.0983. The average molecular weight is 378 g/mol. The van der Waals surface area contributed by atoms with E-state index in [0.29, 0.717) is 12.8 Å². The number of piperidine rings is 1. The van der Waals surface area contributed by atoms with E-state index in [1.165, 1.54) is 0 Å². The Balaban J connectivity index is 2.63. The molecule has 0 aromatic carbocycles. The van der Waals surface area contributed by atoms with Gasteiger partial charge in [0.1, 0.15) is 0 Å². The zero-order valence-corrected chi connectivity index (χ0v) is 13.3. The highest BCUT2D eigenvalue weighted by Gasteiger charge is 2.34. The number of amides is 2. The first kappa shape index (κ1) is 21.5. The van der Waals surface area contributed by atoms with Crippen molar-refractivity contribution in [1.29, 1.82) is 0 Å². The fraction of sp³-hybridized carbons (Fsp3) is 0.857. The summed E-state index contributed by atoms with van der Waals surface area (Å²) in [7, 11) is 0. The number of hydrogen-bond donors (Lipinski definition) is 2. The van der Waals surface area contributed by atoms with Crippen molar-refractivity contribution in [3.8, 4) is 0 Å². The Bertz CT molecular complexity index is 448. The van der Waals surface area contributed by atoms with Crippen molar-refractivity contribution < 1.29 is 41.0 Å². The Labute approximate surface area is 140 Å². The molecule has 0 aromatic rings. The fourth-order valence-electron chi connectivity index (χ4n) is 2.49. The van der Waals surface area contributed by atoms with Gasteiger partial charge in [0.2, 0.25) is 0 Å². The zero-order valence-electron chi connectivity index (χ0n) is 13.3. The van der Waals surface area contributed by atoms with Crippen molar-refractivity contribution >= 4 is 11.8 Å². The number of hydrogen-bond acceptors (Lipinski definition) is 3. The van der Waals surface area contributed by atoms with Crippen LogP contribution in [0.5, 0.6) is 0 Å². The minimum Gasteiger partial charge on any atom is -0.391 e. The number of likely N-dealkylation sites (tertiary alicyclic amines) is 1. The Morgan fingerprint density at radius 1 is 1.08 bits per heavy atom. The lowest BCUT2D eigenvalue weighted by atomic mass is 10.0. The Kier molecular flexibility index (Phi) is 7.51. The number of nitrogens with zero attached hydrogens (tertiary/aromatic N) is 1. The number of aliphatic hydroxyl groups is 1. The van der Waals surface area contributed by atoms with Gasteiger partial charge in [0.05, 0.1) is 6.10 Å². The van der Waals surface area contributed by atoms with Gasteiger partial charge in [-0.1, -0.05) is 0 Å². The van der Waals surface area contributed by atoms with Gasteiger partial charge in [0.25, 0.3) is 0 Å². The Morgan fingerprint density at radius 2 is 1.60 bits per heavy atom. The third kappa shape index (κ3) is 8.94. The Morgan fingerprint density at radius 3 is 2.04 bits per heavy atom. The topological polar surface area (TPSA) is 69.6 Å². The van der Waals surface area contributed by atoms with E-state index < -0.39 is 62.0 Å². The molecule has 1 aliphatic rings. The summed E-state index contributed by atoms with van der Waals surface area (Å²) in [4.78, 5) is 24.8. The molecule has 1 atom stereocenters. The van der Waals surface area contributed by atoms with Gasteiger partial charge in [-0.2, -0.15) is 26.3 Å². The van der Waals surface area contributed by atoms with E-state index in [9.17, 15) is 41.0 Å². The molecule has 146 valence electrons. The quantitative estimate of drug-likeness (QED) is 0.569. The van der Waals surface area contributed by atoms with Crippen molar-refractivity contribution in [1.82, 2.24) is 10.2 Å². The van der Waals surface area contributed by atoms with Crippen LogP contribution in [-0.4, -0.2) is 59.4 Å². The second kappa shape index (κ2) is 8.72. The van der Waals surface area contributed by atoms with Crippen molar-refractivity contribution in [2.75, 3.05) is 13.1 Å². The van der Waals surface area contributed by atoms with Crippen LogP contribution in [-0.2, 0) is 9.59 Å². The monoisotopic (exact) mass is 378 g/mol. The number of carbonyl (C=O) groups is 2. The van der Waals surface area contributed by atoms with Crippen LogP contribution < -0.4 is 5.32 Å². The predicted molar refractivity (Wildman–Crippen MR) is 74.3 cm³/mol. The third-order valence-electron chi connectivity index (χ3n) is 3.77. The molecule has 0 unspecified atom stereocenters. The lowest BCUT2D eigenvalue weighted by molar-refractivity contribution is -0.150. The molecule has 0 saturated carbocycles. The van der Waals surface area contributed by atoms with Crippen molar-refractivity contribution in [2.45, 2.75) is 63.0 Å². The van der Waals surface area contributed by atoms with Crippen molar-refractivity contribution in [3.05, 3.63) is 0 Å². The maximum atomic E-state index is 12.3. The van der Waals surface area contributed by atoms with Gasteiger partial charge >= 0.3 is 24.2 Å². The maximum Gasteiger partial charge on any atom is 0.389 e. The van der Waals surface area contributed by atoms with E-state index in [1.54, 1.807) is 0 Å². The van der Waals surface area contributed by atoms with Crippen LogP contribution in [0.1, 0.15) is 38.5 Å². The number of nitrogens with one attached hydrogen (secondary N) is 1. The first-order valence-corrected chi connectivity index (χ1v) is 7.79. The second-order valence-electron chi connectivity index (χ2n) is 6.03. The molecule has 0 aliphatic carbocycles.